The molecular formula is C26H33N5O3. The largest absolute Gasteiger partial charge is 0.494 e. The Morgan fingerprint density at radius 2 is 1.85 bits per heavy atom. The van der Waals surface area contributed by atoms with Gasteiger partial charge in [-0.2, -0.15) is 0 Å². The van der Waals surface area contributed by atoms with Crippen LogP contribution in [0.15, 0.2) is 48.5 Å². The van der Waals surface area contributed by atoms with Crippen molar-refractivity contribution in [3.05, 3.63) is 54.1 Å². The second kappa shape index (κ2) is 9.83. The molecule has 8 heteroatoms. The first-order valence-electron chi connectivity index (χ1n) is 12.0. The van der Waals surface area contributed by atoms with Crippen molar-refractivity contribution in [2.24, 2.45) is 0 Å². The summed E-state index contributed by atoms with van der Waals surface area (Å²) >= 11 is 0. The topological polar surface area (TPSA) is 89.4 Å². The first kappa shape index (κ1) is 23.7. The molecule has 4 rings (SSSR count). The van der Waals surface area contributed by atoms with Crippen molar-refractivity contribution in [2.75, 3.05) is 6.61 Å². The van der Waals surface area contributed by atoms with Crippen molar-refractivity contribution in [2.45, 2.75) is 71.1 Å². The van der Waals surface area contributed by atoms with Gasteiger partial charge in [0.2, 0.25) is 11.8 Å². The summed E-state index contributed by atoms with van der Waals surface area (Å²) in [6, 6.07) is 14.3. The van der Waals surface area contributed by atoms with Crippen LogP contribution in [0.4, 0.5) is 0 Å². The van der Waals surface area contributed by atoms with Gasteiger partial charge in [0.1, 0.15) is 23.9 Å². The van der Waals surface area contributed by atoms with Gasteiger partial charge in [0.25, 0.3) is 0 Å². The maximum atomic E-state index is 13.7. The number of rotatable bonds is 10. The lowest BCUT2D eigenvalue weighted by molar-refractivity contribution is -0.143. The molecule has 2 amide bonds. The number of nitrogens with one attached hydrogen (secondary N) is 1. The Labute approximate surface area is 200 Å². The summed E-state index contributed by atoms with van der Waals surface area (Å²) < 4.78 is 7.19. The molecule has 0 saturated heterocycles. The molecular weight excluding hydrogens is 430 g/mol. The van der Waals surface area contributed by atoms with E-state index in [9.17, 15) is 9.59 Å². The van der Waals surface area contributed by atoms with Gasteiger partial charge in [-0.05, 0) is 69.9 Å². The van der Waals surface area contributed by atoms with Crippen molar-refractivity contribution < 1.29 is 14.3 Å². The predicted molar refractivity (Wildman–Crippen MR) is 130 cm³/mol. The van der Waals surface area contributed by atoms with Crippen molar-refractivity contribution in [1.82, 2.24) is 25.2 Å². The van der Waals surface area contributed by atoms with E-state index in [4.69, 9.17) is 4.74 Å². The molecule has 0 spiro atoms. The van der Waals surface area contributed by atoms with E-state index in [1.165, 1.54) is 0 Å². The zero-order valence-corrected chi connectivity index (χ0v) is 20.3. The number of ether oxygens (including phenoxy) is 1. The lowest BCUT2D eigenvalue weighted by Crippen LogP contribution is -2.51. The number of hydrogen-bond acceptors (Lipinski definition) is 5. The fourth-order valence-corrected chi connectivity index (χ4v) is 4.00. The summed E-state index contributed by atoms with van der Waals surface area (Å²) in [6.07, 6.45) is 2.53. The summed E-state index contributed by atoms with van der Waals surface area (Å²) in [4.78, 5) is 29.1. The fraction of sp³-hybridized carbons (Fsp3) is 0.462. The minimum absolute atomic E-state index is 0.0225. The van der Waals surface area contributed by atoms with Gasteiger partial charge in [-0.15, -0.1) is 5.10 Å². The van der Waals surface area contributed by atoms with Crippen LogP contribution in [-0.2, 0) is 16.1 Å². The van der Waals surface area contributed by atoms with Crippen molar-refractivity contribution in [3.63, 3.8) is 0 Å². The molecule has 1 heterocycles. The minimum atomic E-state index is -0.740. The molecule has 1 atom stereocenters. The Morgan fingerprint density at radius 1 is 1.15 bits per heavy atom. The maximum absolute atomic E-state index is 13.7. The van der Waals surface area contributed by atoms with Crippen LogP contribution in [0.1, 0.15) is 58.6 Å². The number of benzene rings is 2. The Hall–Kier alpha value is -3.42. The molecule has 34 heavy (non-hydrogen) atoms. The molecule has 0 radical (unpaired) electrons. The van der Waals surface area contributed by atoms with Gasteiger partial charge >= 0.3 is 0 Å². The van der Waals surface area contributed by atoms with Gasteiger partial charge in [0.15, 0.2) is 0 Å². The van der Waals surface area contributed by atoms with Crippen LogP contribution < -0.4 is 10.1 Å². The second-order valence-electron chi connectivity index (χ2n) is 9.40. The van der Waals surface area contributed by atoms with E-state index in [0.29, 0.717) is 6.61 Å². The lowest BCUT2D eigenvalue weighted by atomic mass is 9.98. The standard InChI is InChI=1S/C26H33N5O3/c1-5-26(3,4)27-25(33)24(18-11-15-20(16-12-18)34-6-2)31(19-13-14-19)23(32)17-30-22-10-8-7-9-21(22)28-29-30/h7-12,15-16,19,24H,5-6,13-14,17H2,1-4H3,(H,27,33)/t24-/m1/s1. The highest BCUT2D eigenvalue weighted by Crippen LogP contribution is 2.36. The molecule has 0 bridgehead atoms. The fourth-order valence-electron chi connectivity index (χ4n) is 4.00. The average molecular weight is 464 g/mol. The summed E-state index contributed by atoms with van der Waals surface area (Å²) in [5.74, 6) is 0.402. The highest BCUT2D eigenvalue weighted by Gasteiger charge is 2.42. The molecule has 1 aromatic heterocycles. The molecule has 1 saturated carbocycles. The number of aromatic nitrogens is 3. The molecule has 1 aliphatic rings. The predicted octanol–water partition coefficient (Wildman–Crippen LogP) is 3.87. The number of fused-ring (bicyclic) bond motifs is 1. The van der Waals surface area contributed by atoms with E-state index in [-0.39, 0.29) is 29.9 Å². The van der Waals surface area contributed by atoms with E-state index in [2.05, 4.69) is 15.6 Å². The third-order valence-electron chi connectivity index (χ3n) is 6.31. The molecule has 0 aliphatic heterocycles. The van der Waals surface area contributed by atoms with Gasteiger partial charge in [0.05, 0.1) is 12.1 Å². The van der Waals surface area contributed by atoms with Crippen LogP contribution >= 0.6 is 0 Å². The Morgan fingerprint density at radius 3 is 2.50 bits per heavy atom. The van der Waals surface area contributed by atoms with Crippen LogP contribution in [0.5, 0.6) is 5.75 Å². The van der Waals surface area contributed by atoms with Gasteiger partial charge in [-0.3, -0.25) is 9.59 Å². The van der Waals surface area contributed by atoms with Crippen LogP contribution in [0.2, 0.25) is 0 Å². The van der Waals surface area contributed by atoms with Gasteiger partial charge in [0, 0.05) is 11.6 Å². The molecule has 180 valence electrons. The third-order valence-corrected chi connectivity index (χ3v) is 6.31. The zero-order chi connectivity index (χ0) is 24.3. The minimum Gasteiger partial charge on any atom is -0.494 e. The number of para-hydroxylation sites is 1. The number of amides is 2. The smallest absolute Gasteiger partial charge is 0.247 e. The third kappa shape index (κ3) is 5.21. The molecule has 2 aromatic carbocycles. The van der Waals surface area contributed by atoms with Crippen molar-refractivity contribution in [3.8, 4) is 5.75 Å². The quantitative estimate of drug-likeness (QED) is 0.493. The summed E-state index contributed by atoms with van der Waals surface area (Å²) in [6.45, 7) is 8.53. The summed E-state index contributed by atoms with van der Waals surface area (Å²) in [5.41, 5.74) is 1.90. The van der Waals surface area contributed by atoms with E-state index >= 15 is 0 Å². The Balaban J connectivity index is 1.67. The van der Waals surface area contributed by atoms with Crippen LogP contribution in [-0.4, -0.2) is 49.9 Å². The van der Waals surface area contributed by atoms with E-state index in [1.54, 1.807) is 9.58 Å². The SMILES string of the molecule is CCOc1ccc([C@H](C(=O)NC(C)(C)CC)N(C(=O)Cn2nnc3ccccc32)C2CC2)cc1. The number of hydrogen-bond donors (Lipinski definition) is 1. The highest BCUT2D eigenvalue weighted by atomic mass is 16.5. The first-order valence-corrected chi connectivity index (χ1v) is 12.0. The van der Waals surface area contributed by atoms with E-state index in [1.807, 2.05) is 76.2 Å². The van der Waals surface area contributed by atoms with Crippen molar-refractivity contribution >= 4 is 22.8 Å². The maximum Gasteiger partial charge on any atom is 0.247 e. The molecule has 1 N–H and O–H groups in total. The highest BCUT2D eigenvalue weighted by molar-refractivity contribution is 5.90. The monoisotopic (exact) mass is 463 g/mol. The van der Waals surface area contributed by atoms with Crippen LogP contribution in [0, 0.1) is 0 Å². The normalized spacial score (nSPS) is 14.6. The lowest BCUT2D eigenvalue weighted by Gasteiger charge is -2.34. The molecule has 1 fully saturated rings. The van der Waals surface area contributed by atoms with Crippen LogP contribution in [0.3, 0.4) is 0 Å². The molecule has 0 unspecified atom stereocenters. The second-order valence-corrected chi connectivity index (χ2v) is 9.40. The van der Waals surface area contributed by atoms with Gasteiger partial charge in [-0.1, -0.05) is 36.4 Å². The van der Waals surface area contributed by atoms with Gasteiger partial charge < -0.3 is 15.0 Å². The van der Waals surface area contributed by atoms with E-state index in [0.717, 1.165) is 41.6 Å². The van der Waals surface area contributed by atoms with Crippen molar-refractivity contribution in [1.29, 1.82) is 0 Å². The molecule has 8 nitrogen and oxygen atoms in total. The van der Waals surface area contributed by atoms with Crippen LogP contribution in [0.25, 0.3) is 11.0 Å². The number of nitrogens with zero attached hydrogens (tertiary/aromatic N) is 4. The van der Waals surface area contributed by atoms with E-state index < -0.39 is 6.04 Å². The Bertz CT molecular complexity index is 1150. The first-order chi connectivity index (χ1) is 16.3. The number of carbonyl (C=O) groups excluding carboxylic acids is 2. The molecule has 1 aliphatic carbocycles. The average Bonchev–Trinajstić information content (AvgIpc) is 3.58. The zero-order valence-electron chi connectivity index (χ0n) is 20.3. The number of carbonyl (C=O) groups is 2. The van der Waals surface area contributed by atoms with Gasteiger partial charge in [-0.25, -0.2) is 4.68 Å². The summed E-state index contributed by atoms with van der Waals surface area (Å²) in [5, 5.41) is 11.5. The Kier molecular flexibility index (Phi) is 6.86. The molecule has 3 aromatic rings. The summed E-state index contributed by atoms with van der Waals surface area (Å²) in [7, 11) is 0.